The SMILES string of the molecule is N[C@@H](C(=O)N[C@@H](CO)C(=O)N[C@H](C(=O)O)c1ccc(O)cc1)c1ccc(O)cc1. The zero-order chi connectivity index (χ0) is 21.6. The molecule has 10 heteroatoms. The number of carboxylic acid groups (broad SMARTS) is 1. The van der Waals surface area contributed by atoms with Gasteiger partial charge in [0.25, 0.3) is 0 Å². The van der Waals surface area contributed by atoms with Crippen molar-refractivity contribution in [3.63, 3.8) is 0 Å². The molecular formula is C19H21N3O7. The van der Waals surface area contributed by atoms with Crippen LogP contribution in [0.25, 0.3) is 0 Å². The Hall–Kier alpha value is -3.63. The van der Waals surface area contributed by atoms with Crippen LogP contribution < -0.4 is 16.4 Å². The van der Waals surface area contributed by atoms with E-state index in [0.29, 0.717) is 5.56 Å². The summed E-state index contributed by atoms with van der Waals surface area (Å²) in [6.07, 6.45) is 0. The predicted molar refractivity (Wildman–Crippen MR) is 101 cm³/mol. The maximum atomic E-state index is 12.4. The number of carbonyl (C=O) groups excluding carboxylic acids is 2. The fourth-order valence-electron chi connectivity index (χ4n) is 2.49. The average molecular weight is 403 g/mol. The lowest BCUT2D eigenvalue weighted by molar-refractivity contribution is -0.142. The van der Waals surface area contributed by atoms with Gasteiger partial charge in [0.05, 0.1) is 6.61 Å². The van der Waals surface area contributed by atoms with Crippen LogP contribution in [0.4, 0.5) is 0 Å². The van der Waals surface area contributed by atoms with Gasteiger partial charge < -0.3 is 36.8 Å². The predicted octanol–water partition coefficient (Wildman–Crippen LogP) is -0.483. The monoisotopic (exact) mass is 403 g/mol. The summed E-state index contributed by atoms with van der Waals surface area (Å²) >= 11 is 0. The lowest BCUT2D eigenvalue weighted by Crippen LogP contribution is -2.52. The van der Waals surface area contributed by atoms with Crippen LogP contribution in [-0.4, -0.2) is 50.9 Å². The third-order valence-electron chi connectivity index (χ3n) is 4.11. The molecule has 0 heterocycles. The lowest BCUT2D eigenvalue weighted by Gasteiger charge is -2.22. The van der Waals surface area contributed by atoms with Gasteiger partial charge in [0.15, 0.2) is 6.04 Å². The molecule has 29 heavy (non-hydrogen) atoms. The largest absolute Gasteiger partial charge is 0.508 e. The Morgan fingerprint density at radius 3 is 1.76 bits per heavy atom. The second-order valence-electron chi connectivity index (χ2n) is 6.18. The van der Waals surface area contributed by atoms with Gasteiger partial charge in [-0.2, -0.15) is 0 Å². The van der Waals surface area contributed by atoms with Crippen molar-refractivity contribution >= 4 is 17.8 Å². The molecule has 0 spiro atoms. The van der Waals surface area contributed by atoms with E-state index in [4.69, 9.17) is 5.73 Å². The van der Waals surface area contributed by atoms with Crippen molar-refractivity contribution in [1.82, 2.24) is 10.6 Å². The minimum atomic E-state index is -1.46. The molecule has 2 amide bonds. The Labute approximate surface area is 165 Å². The zero-order valence-corrected chi connectivity index (χ0v) is 15.1. The Bertz CT molecular complexity index is 868. The van der Waals surface area contributed by atoms with Crippen molar-refractivity contribution < 1.29 is 34.8 Å². The molecule has 154 valence electrons. The number of nitrogens with one attached hydrogen (secondary N) is 2. The van der Waals surface area contributed by atoms with E-state index in [2.05, 4.69) is 10.6 Å². The molecule has 0 radical (unpaired) electrons. The van der Waals surface area contributed by atoms with Crippen LogP contribution in [0.15, 0.2) is 48.5 Å². The van der Waals surface area contributed by atoms with Gasteiger partial charge in [-0.1, -0.05) is 24.3 Å². The van der Waals surface area contributed by atoms with E-state index in [1.54, 1.807) is 0 Å². The summed E-state index contributed by atoms with van der Waals surface area (Å²) in [7, 11) is 0. The highest BCUT2D eigenvalue weighted by molar-refractivity contribution is 5.92. The first-order chi connectivity index (χ1) is 13.7. The van der Waals surface area contributed by atoms with E-state index in [-0.39, 0.29) is 17.1 Å². The molecule has 0 aliphatic heterocycles. The van der Waals surface area contributed by atoms with Crippen molar-refractivity contribution in [3.05, 3.63) is 59.7 Å². The molecule has 10 nitrogen and oxygen atoms in total. The number of aliphatic hydroxyl groups excluding tert-OH is 1. The number of carbonyl (C=O) groups is 3. The van der Waals surface area contributed by atoms with Crippen LogP contribution in [0.5, 0.6) is 11.5 Å². The number of hydrogen-bond donors (Lipinski definition) is 7. The van der Waals surface area contributed by atoms with Gasteiger partial charge in [-0.15, -0.1) is 0 Å². The highest BCUT2D eigenvalue weighted by Crippen LogP contribution is 2.18. The van der Waals surface area contributed by atoms with Crippen LogP contribution in [0.2, 0.25) is 0 Å². The first kappa shape index (κ1) is 21.7. The summed E-state index contributed by atoms with van der Waals surface area (Å²) in [5.74, 6) is -3.16. The fourth-order valence-corrected chi connectivity index (χ4v) is 2.49. The van der Waals surface area contributed by atoms with E-state index in [1.165, 1.54) is 48.5 Å². The number of rotatable bonds is 8. The average Bonchev–Trinajstić information content (AvgIpc) is 2.70. The molecule has 0 aliphatic carbocycles. The summed E-state index contributed by atoms with van der Waals surface area (Å²) in [6.45, 7) is -0.790. The van der Waals surface area contributed by atoms with Crippen LogP contribution in [0, 0.1) is 0 Å². The van der Waals surface area contributed by atoms with Gasteiger partial charge in [0.1, 0.15) is 23.6 Å². The summed E-state index contributed by atoms with van der Waals surface area (Å²) < 4.78 is 0. The van der Waals surface area contributed by atoms with Gasteiger partial charge in [-0.3, -0.25) is 9.59 Å². The molecule has 0 aromatic heterocycles. The van der Waals surface area contributed by atoms with Gasteiger partial charge in [-0.25, -0.2) is 4.79 Å². The van der Waals surface area contributed by atoms with Gasteiger partial charge in [0, 0.05) is 0 Å². The highest BCUT2D eigenvalue weighted by atomic mass is 16.4. The van der Waals surface area contributed by atoms with Crippen LogP contribution >= 0.6 is 0 Å². The number of phenols is 2. The van der Waals surface area contributed by atoms with E-state index in [1.807, 2.05) is 0 Å². The maximum absolute atomic E-state index is 12.4. The van der Waals surface area contributed by atoms with E-state index < -0.39 is 42.5 Å². The molecule has 0 saturated carbocycles. The normalized spacial score (nSPS) is 13.7. The standard InChI is InChI=1S/C19H21N3O7/c20-15(10-1-5-12(24)6-2-10)18(27)21-14(9-23)17(26)22-16(19(28)29)11-3-7-13(25)8-4-11/h1-8,14-16,23-25H,9,20H2,(H,21,27)(H,22,26)(H,28,29)/t14-,15+,16-/m0/s1. The number of hydrogen-bond acceptors (Lipinski definition) is 7. The number of carboxylic acids is 1. The summed E-state index contributed by atoms with van der Waals surface area (Å²) in [5, 5.41) is 41.9. The first-order valence-corrected chi connectivity index (χ1v) is 8.50. The van der Waals surface area contributed by atoms with Crippen molar-refractivity contribution in [2.75, 3.05) is 6.61 Å². The maximum Gasteiger partial charge on any atom is 0.330 e. The fraction of sp³-hybridized carbons (Fsp3) is 0.211. The Morgan fingerprint density at radius 2 is 1.31 bits per heavy atom. The minimum Gasteiger partial charge on any atom is -0.508 e. The minimum absolute atomic E-state index is 0.0112. The quantitative estimate of drug-likeness (QED) is 0.308. The van der Waals surface area contributed by atoms with Gasteiger partial charge in [-0.05, 0) is 35.4 Å². The summed E-state index contributed by atoms with van der Waals surface area (Å²) in [5.41, 5.74) is 6.37. The van der Waals surface area contributed by atoms with E-state index >= 15 is 0 Å². The van der Waals surface area contributed by atoms with Crippen molar-refractivity contribution in [2.24, 2.45) is 5.73 Å². The van der Waals surface area contributed by atoms with E-state index in [9.17, 15) is 34.8 Å². The molecule has 8 N–H and O–H groups in total. The van der Waals surface area contributed by atoms with Crippen LogP contribution in [0.3, 0.4) is 0 Å². The molecule has 2 rings (SSSR count). The number of phenolic OH excluding ortho intramolecular Hbond substituents is 2. The van der Waals surface area contributed by atoms with Crippen molar-refractivity contribution in [3.8, 4) is 11.5 Å². The number of amides is 2. The Morgan fingerprint density at radius 1 is 0.828 bits per heavy atom. The Kier molecular flexibility index (Phi) is 7.12. The number of aliphatic carboxylic acids is 1. The zero-order valence-electron chi connectivity index (χ0n) is 15.1. The van der Waals surface area contributed by atoms with E-state index in [0.717, 1.165) is 0 Å². The third-order valence-corrected chi connectivity index (χ3v) is 4.11. The molecule has 0 unspecified atom stereocenters. The lowest BCUT2D eigenvalue weighted by atomic mass is 10.1. The number of aromatic hydroxyl groups is 2. The Balaban J connectivity index is 2.08. The number of nitrogens with two attached hydrogens (primary N) is 1. The third kappa shape index (κ3) is 5.67. The topological polar surface area (TPSA) is 182 Å². The number of benzene rings is 2. The summed E-state index contributed by atoms with van der Waals surface area (Å²) in [4.78, 5) is 36.2. The van der Waals surface area contributed by atoms with Gasteiger partial charge >= 0.3 is 5.97 Å². The van der Waals surface area contributed by atoms with Crippen molar-refractivity contribution in [1.29, 1.82) is 0 Å². The number of aliphatic hydroxyl groups is 1. The van der Waals surface area contributed by atoms with Gasteiger partial charge in [0.2, 0.25) is 11.8 Å². The van der Waals surface area contributed by atoms with Crippen LogP contribution in [0.1, 0.15) is 23.2 Å². The van der Waals surface area contributed by atoms with Crippen molar-refractivity contribution in [2.45, 2.75) is 18.1 Å². The highest BCUT2D eigenvalue weighted by Gasteiger charge is 2.28. The molecule has 2 aromatic carbocycles. The molecule has 0 fully saturated rings. The van der Waals surface area contributed by atoms with Crippen LogP contribution in [-0.2, 0) is 14.4 Å². The summed E-state index contributed by atoms with van der Waals surface area (Å²) in [6, 6.07) is 6.64. The smallest absolute Gasteiger partial charge is 0.330 e. The molecular weight excluding hydrogens is 382 g/mol. The molecule has 2 aromatic rings. The second kappa shape index (κ2) is 9.53. The molecule has 0 bridgehead atoms. The molecule has 3 atom stereocenters. The molecule has 0 saturated heterocycles. The first-order valence-electron chi connectivity index (χ1n) is 8.50. The molecule has 0 aliphatic rings. The second-order valence-corrected chi connectivity index (χ2v) is 6.18.